The van der Waals surface area contributed by atoms with Gasteiger partial charge in [0.15, 0.2) is 0 Å². The number of carbonyl (C=O) groups is 1. The van der Waals surface area contributed by atoms with Gasteiger partial charge in [-0.1, -0.05) is 0 Å². The van der Waals surface area contributed by atoms with Crippen LogP contribution in [0.4, 0.5) is 4.79 Å². The predicted octanol–water partition coefficient (Wildman–Crippen LogP) is 1.45. The van der Waals surface area contributed by atoms with E-state index < -0.39 is 5.60 Å². The van der Waals surface area contributed by atoms with E-state index >= 15 is 0 Å². The molecule has 0 aliphatic carbocycles. The minimum Gasteiger partial charge on any atom is -0.444 e. The molecule has 7 nitrogen and oxygen atoms in total. The lowest BCUT2D eigenvalue weighted by molar-refractivity contribution is 0.0204. The van der Waals surface area contributed by atoms with Crippen LogP contribution in [0.5, 0.6) is 0 Å². The molecule has 22 heavy (non-hydrogen) atoms. The third-order valence-corrected chi connectivity index (χ3v) is 2.72. The van der Waals surface area contributed by atoms with E-state index in [9.17, 15) is 4.79 Å². The number of amides is 1. The van der Waals surface area contributed by atoms with Gasteiger partial charge in [-0.2, -0.15) is 0 Å². The molecule has 0 aromatic carbocycles. The van der Waals surface area contributed by atoms with Gasteiger partial charge in [0, 0.05) is 39.5 Å². The summed E-state index contributed by atoms with van der Waals surface area (Å²) in [5.41, 5.74) is 0.410. The highest BCUT2D eigenvalue weighted by Crippen LogP contribution is 2.09. The Morgan fingerprint density at radius 1 is 1.36 bits per heavy atom. The summed E-state index contributed by atoms with van der Waals surface area (Å²) in [6.45, 7) is 8.36. The first kappa shape index (κ1) is 18.3. The summed E-state index contributed by atoms with van der Waals surface area (Å²) in [6, 6.07) is 1.85. The number of rotatable bonds is 8. The first-order chi connectivity index (χ1) is 10.4. The normalized spacial score (nSPS) is 11.3. The maximum atomic E-state index is 12.1. The molecule has 0 fully saturated rings. The van der Waals surface area contributed by atoms with E-state index in [0.29, 0.717) is 32.8 Å². The smallest absolute Gasteiger partial charge is 0.410 e. The minimum atomic E-state index is -0.503. The van der Waals surface area contributed by atoms with Gasteiger partial charge in [-0.3, -0.25) is 0 Å². The van der Waals surface area contributed by atoms with Crippen molar-refractivity contribution in [1.82, 2.24) is 20.2 Å². The second-order valence-electron chi connectivity index (χ2n) is 5.84. The number of nitrogens with one attached hydrogen (secondary N) is 1. The molecule has 0 aliphatic rings. The Hall–Kier alpha value is -1.73. The molecule has 1 N–H and O–H groups in total. The van der Waals surface area contributed by atoms with Crippen LogP contribution < -0.4 is 5.32 Å². The molecule has 1 heterocycles. The fourth-order valence-corrected chi connectivity index (χ4v) is 1.68. The van der Waals surface area contributed by atoms with E-state index in [1.807, 2.05) is 26.8 Å². The lowest BCUT2D eigenvalue weighted by Gasteiger charge is -2.27. The molecule has 0 atom stereocenters. The van der Waals surface area contributed by atoms with Crippen molar-refractivity contribution in [2.45, 2.75) is 32.9 Å². The monoisotopic (exact) mass is 310 g/mol. The average Bonchev–Trinajstić information content (AvgIpc) is 2.45. The second-order valence-corrected chi connectivity index (χ2v) is 5.84. The third kappa shape index (κ3) is 7.90. The Morgan fingerprint density at radius 2 is 2.14 bits per heavy atom. The van der Waals surface area contributed by atoms with Crippen LogP contribution in [0.2, 0.25) is 0 Å². The van der Waals surface area contributed by atoms with Crippen molar-refractivity contribution in [3.8, 4) is 0 Å². The quantitative estimate of drug-likeness (QED) is 0.732. The van der Waals surface area contributed by atoms with Gasteiger partial charge in [-0.25, -0.2) is 14.8 Å². The lowest BCUT2D eigenvalue weighted by atomic mass is 10.2. The molecule has 0 spiro atoms. The second kappa shape index (κ2) is 9.32. The number of carbonyl (C=O) groups excluding carboxylic acids is 1. The standard InChI is InChI=1S/C15H26N4O3/c1-15(2,3)22-14(20)19(9-10-21-4)8-7-16-11-13-5-6-17-12-18-13/h5-6,12,16H,7-11H2,1-4H3. The first-order valence-electron chi connectivity index (χ1n) is 7.35. The van der Waals surface area contributed by atoms with Crippen LogP contribution in [0, 0.1) is 0 Å². The number of methoxy groups -OCH3 is 1. The molecule has 0 radical (unpaired) electrons. The highest BCUT2D eigenvalue weighted by molar-refractivity contribution is 5.68. The summed E-state index contributed by atoms with van der Waals surface area (Å²) in [7, 11) is 1.61. The maximum Gasteiger partial charge on any atom is 0.410 e. The zero-order chi connectivity index (χ0) is 16.4. The molecule has 1 aromatic rings. The Morgan fingerprint density at radius 3 is 2.73 bits per heavy atom. The average molecular weight is 310 g/mol. The molecule has 0 saturated heterocycles. The number of hydrogen-bond acceptors (Lipinski definition) is 6. The van der Waals surface area contributed by atoms with Crippen molar-refractivity contribution in [3.05, 3.63) is 24.3 Å². The van der Waals surface area contributed by atoms with Gasteiger partial charge >= 0.3 is 6.09 Å². The minimum absolute atomic E-state index is 0.326. The summed E-state index contributed by atoms with van der Waals surface area (Å²) < 4.78 is 10.4. The molecule has 124 valence electrons. The molecular formula is C15H26N4O3. The van der Waals surface area contributed by atoms with E-state index in [4.69, 9.17) is 9.47 Å². The van der Waals surface area contributed by atoms with Crippen LogP contribution in [0.3, 0.4) is 0 Å². The van der Waals surface area contributed by atoms with Crippen LogP contribution in [0.15, 0.2) is 18.6 Å². The van der Waals surface area contributed by atoms with Crippen LogP contribution >= 0.6 is 0 Å². The SMILES string of the molecule is COCCN(CCNCc1ccncn1)C(=O)OC(C)(C)C. The summed E-state index contributed by atoms with van der Waals surface area (Å²) >= 11 is 0. The molecule has 0 unspecified atom stereocenters. The zero-order valence-electron chi connectivity index (χ0n) is 13.8. The van der Waals surface area contributed by atoms with Crippen LogP contribution in [-0.4, -0.2) is 59.9 Å². The van der Waals surface area contributed by atoms with Gasteiger partial charge in [-0.05, 0) is 26.8 Å². The molecule has 1 amide bonds. The summed E-state index contributed by atoms with van der Waals surface area (Å²) in [5.74, 6) is 0. The predicted molar refractivity (Wildman–Crippen MR) is 83.4 cm³/mol. The molecular weight excluding hydrogens is 284 g/mol. The van der Waals surface area contributed by atoms with Crippen molar-refractivity contribution in [2.24, 2.45) is 0 Å². The number of aromatic nitrogens is 2. The van der Waals surface area contributed by atoms with E-state index in [1.54, 1.807) is 18.2 Å². The van der Waals surface area contributed by atoms with Crippen LogP contribution in [0.25, 0.3) is 0 Å². The first-order valence-corrected chi connectivity index (χ1v) is 7.35. The summed E-state index contributed by atoms with van der Waals surface area (Å²) in [4.78, 5) is 21.8. The Bertz CT molecular complexity index is 434. The van der Waals surface area contributed by atoms with Gasteiger partial charge in [0.1, 0.15) is 11.9 Å². The van der Waals surface area contributed by atoms with Gasteiger partial charge < -0.3 is 19.7 Å². The van der Waals surface area contributed by atoms with Gasteiger partial charge in [0.25, 0.3) is 0 Å². The Balaban J connectivity index is 2.39. The van der Waals surface area contributed by atoms with Crippen molar-refractivity contribution in [3.63, 3.8) is 0 Å². The van der Waals surface area contributed by atoms with E-state index in [1.165, 1.54) is 6.33 Å². The fraction of sp³-hybridized carbons (Fsp3) is 0.667. The lowest BCUT2D eigenvalue weighted by Crippen LogP contribution is -2.42. The highest BCUT2D eigenvalue weighted by Gasteiger charge is 2.21. The van der Waals surface area contributed by atoms with E-state index in [0.717, 1.165) is 5.69 Å². The van der Waals surface area contributed by atoms with Crippen LogP contribution in [0.1, 0.15) is 26.5 Å². The Kier molecular flexibility index (Phi) is 7.76. The van der Waals surface area contributed by atoms with Crippen molar-refractivity contribution in [2.75, 3.05) is 33.4 Å². The Labute approximate surface area is 132 Å². The van der Waals surface area contributed by atoms with Gasteiger partial charge in [0.2, 0.25) is 0 Å². The largest absolute Gasteiger partial charge is 0.444 e. The van der Waals surface area contributed by atoms with Crippen LogP contribution in [-0.2, 0) is 16.0 Å². The molecule has 0 aliphatic heterocycles. The van der Waals surface area contributed by atoms with Gasteiger partial charge in [-0.15, -0.1) is 0 Å². The topological polar surface area (TPSA) is 76.6 Å². The molecule has 0 saturated carbocycles. The van der Waals surface area contributed by atoms with Crippen molar-refractivity contribution >= 4 is 6.09 Å². The van der Waals surface area contributed by atoms with E-state index in [-0.39, 0.29) is 6.09 Å². The molecule has 1 aromatic heterocycles. The molecule has 7 heteroatoms. The third-order valence-electron chi connectivity index (χ3n) is 2.72. The van der Waals surface area contributed by atoms with Crippen molar-refractivity contribution < 1.29 is 14.3 Å². The fourth-order valence-electron chi connectivity index (χ4n) is 1.68. The number of nitrogens with zero attached hydrogens (tertiary/aromatic N) is 3. The summed E-state index contributed by atoms with van der Waals surface area (Å²) in [5, 5.41) is 3.25. The van der Waals surface area contributed by atoms with Gasteiger partial charge in [0.05, 0.1) is 12.3 Å². The number of ether oxygens (including phenoxy) is 2. The maximum absolute atomic E-state index is 12.1. The molecule has 0 bridgehead atoms. The van der Waals surface area contributed by atoms with E-state index in [2.05, 4.69) is 15.3 Å². The zero-order valence-corrected chi connectivity index (χ0v) is 13.8. The molecule has 1 rings (SSSR count). The number of hydrogen-bond donors (Lipinski definition) is 1. The van der Waals surface area contributed by atoms with Crippen molar-refractivity contribution in [1.29, 1.82) is 0 Å². The highest BCUT2D eigenvalue weighted by atomic mass is 16.6. The summed E-state index contributed by atoms with van der Waals surface area (Å²) in [6.07, 6.45) is 2.89.